The smallest absolute Gasteiger partial charge is 0.196 e. The Hall–Kier alpha value is -2.60. The maximum atomic E-state index is 12.7. The number of rotatable bonds is 5. The highest BCUT2D eigenvalue weighted by atomic mass is 32.2. The number of aromatic nitrogens is 4. The van der Waals surface area contributed by atoms with E-state index in [1.54, 1.807) is 0 Å². The molecule has 1 N–H and O–H groups in total. The van der Waals surface area contributed by atoms with Crippen LogP contribution in [0.2, 0.25) is 0 Å². The zero-order valence-corrected chi connectivity index (χ0v) is 14.0. The number of Topliss-reactive ketones (excluding diaryl/α,β-unsaturated/α-hetero) is 1. The molecular weight excluding hydrogens is 320 g/mol. The number of pyridine rings is 1. The Bertz CT molecular complexity index is 1030. The number of hydrogen-bond acceptors (Lipinski definition) is 4. The van der Waals surface area contributed by atoms with Crippen LogP contribution in [0, 0.1) is 0 Å². The molecule has 0 saturated heterocycles. The second kappa shape index (κ2) is 6.13. The second-order valence-corrected chi connectivity index (χ2v) is 6.46. The molecule has 0 unspecified atom stereocenters. The number of nitrogens with one attached hydrogen (secondary N) is 1. The summed E-state index contributed by atoms with van der Waals surface area (Å²) in [5, 5.41) is 9.98. The van der Waals surface area contributed by atoms with E-state index in [2.05, 4.69) is 28.2 Å². The molecule has 0 amide bonds. The molecule has 0 aliphatic carbocycles. The molecule has 0 radical (unpaired) electrons. The molecule has 0 atom stereocenters. The third kappa shape index (κ3) is 2.49. The molecule has 120 valence electrons. The van der Waals surface area contributed by atoms with Crippen LogP contribution in [-0.4, -0.2) is 31.1 Å². The van der Waals surface area contributed by atoms with Crippen molar-refractivity contribution >= 4 is 34.1 Å². The number of fused-ring (bicyclic) bond motifs is 2. The van der Waals surface area contributed by atoms with Crippen molar-refractivity contribution in [1.82, 2.24) is 19.6 Å². The van der Waals surface area contributed by atoms with Gasteiger partial charge in [0.05, 0.1) is 5.75 Å². The molecule has 1 aromatic carbocycles. The fourth-order valence-corrected chi connectivity index (χ4v) is 3.68. The number of thioether (sulfide) groups is 1. The monoisotopic (exact) mass is 336 g/mol. The summed E-state index contributed by atoms with van der Waals surface area (Å²) in [5.41, 5.74) is 3.80. The Morgan fingerprint density at radius 2 is 2.12 bits per heavy atom. The average molecular weight is 336 g/mol. The first-order valence-corrected chi connectivity index (χ1v) is 8.81. The zero-order valence-electron chi connectivity index (χ0n) is 13.2. The minimum absolute atomic E-state index is 0.0900. The van der Waals surface area contributed by atoms with Gasteiger partial charge < -0.3 is 4.98 Å². The number of ketones is 1. The molecule has 0 aliphatic rings. The van der Waals surface area contributed by atoms with Crippen LogP contribution in [0.5, 0.6) is 0 Å². The predicted molar refractivity (Wildman–Crippen MR) is 95.7 cm³/mol. The maximum absolute atomic E-state index is 12.7. The van der Waals surface area contributed by atoms with Crippen LogP contribution >= 0.6 is 11.8 Å². The van der Waals surface area contributed by atoms with Crippen LogP contribution in [0.1, 0.15) is 22.8 Å². The molecule has 0 bridgehead atoms. The highest BCUT2D eigenvalue weighted by Crippen LogP contribution is 2.25. The lowest BCUT2D eigenvalue weighted by Gasteiger charge is -2.01. The number of H-pyrrole nitrogens is 1. The van der Waals surface area contributed by atoms with Crippen LogP contribution in [0.15, 0.2) is 53.9 Å². The first-order valence-electron chi connectivity index (χ1n) is 7.82. The Balaban J connectivity index is 1.59. The van der Waals surface area contributed by atoms with Crippen molar-refractivity contribution in [3.63, 3.8) is 0 Å². The summed E-state index contributed by atoms with van der Waals surface area (Å²) in [6.45, 7) is 2.11. The van der Waals surface area contributed by atoms with E-state index in [1.807, 2.05) is 47.1 Å². The van der Waals surface area contributed by atoms with Gasteiger partial charge in [0.25, 0.3) is 0 Å². The highest BCUT2D eigenvalue weighted by Gasteiger charge is 2.15. The van der Waals surface area contributed by atoms with Gasteiger partial charge in [-0.2, -0.15) is 0 Å². The number of carbonyl (C=O) groups is 1. The van der Waals surface area contributed by atoms with Crippen LogP contribution < -0.4 is 0 Å². The van der Waals surface area contributed by atoms with Crippen molar-refractivity contribution in [2.24, 2.45) is 0 Å². The summed E-state index contributed by atoms with van der Waals surface area (Å²) in [6.07, 6.45) is 4.65. The molecule has 24 heavy (non-hydrogen) atoms. The lowest BCUT2D eigenvalue weighted by atomic mass is 10.1. The van der Waals surface area contributed by atoms with Crippen molar-refractivity contribution in [1.29, 1.82) is 0 Å². The largest absolute Gasteiger partial charge is 0.360 e. The summed E-state index contributed by atoms with van der Waals surface area (Å²) in [5.74, 6) is 0.422. The lowest BCUT2D eigenvalue weighted by Crippen LogP contribution is -2.02. The first-order chi connectivity index (χ1) is 11.8. The Morgan fingerprint density at radius 3 is 3.00 bits per heavy atom. The predicted octanol–water partition coefficient (Wildman–Crippen LogP) is 3.75. The number of hydrogen-bond donors (Lipinski definition) is 1. The molecule has 3 aromatic heterocycles. The molecule has 4 aromatic rings. The van der Waals surface area contributed by atoms with E-state index in [4.69, 9.17) is 0 Å². The van der Waals surface area contributed by atoms with Gasteiger partial charge in [-0.25, -0.2) is 0 Å². The van der Waals surface area contributed by atoms with E-state index >= 15 is 0 Å². The third-order valence-electron chi connectivity index (χ3n) is 4.10. The van der Waals surface area contributed by atoms with E-state index in [9.17, 15) is 4.79 Å². The molecule has 5 nitrogen and oxygen atoms in total. The van der Waals surface area contributed by atoms with Crippen LogP contribution in [0.25, 0.3) is 16.6 Å². The van der Waals surface area contributed by atoms with Crippen LogP contribution in [-0.2, 0) is 6.42 Å². The van der Waals surface area contributed by atoms with Crippen LogP contribution in [0.3, 0.4) is 0 Å². The van der Waals surface area contributed by atoms with E-state index in [1.165, 1.54) is 17.3 Å². The minimum atomic E-state index is 0.0900. The molecule has 3 heterocycles. The Labute approximate surface area is 143 Å². The summed E-state index contributed by atoms with van der Waals surface area (Å²) < 4.78 is 1.89. The summed E-state index contributed by atoms with van der Waals surface area (Å²) in [6, 6.07) is 11.8. The highest BCUT2D eigenvalue weighted by molar-refractivity contribution is 7.99. The summed E-state index contributed by atoms with van der Waals surface area (Å²) in [4.78, 5) is 15.9. The second-order valence-electron chi connectivity index (χ2n) is 5.52. The maximum Gasteiger partial charge on any atom is 0.196 e. The van der Waals surface area contributed by atoms with E-state index in [0.29, 0.717) is 5.75 Å². The fourth-order valence-electron chi connectivity index (χ4n) is 2.87. The Kier molecular flexibility index (Phi) is 3.82. The topological polar surface area (TPSA) is 63.1 Å². The molecule has 0 aliphatic heterocycles. The van der Waals surface area contributed by atoms with Gasteiger partial charge in [0, 0.05) is 28.9 Å². The zero-order chi connectivity index (χ0) is 16.5. The number of nitrogens with zero attached hydrogens (tertiary/aromatic N) is 3. The van der Waals surface area contributed by atoms with Crippen molar-refractivity contribution in [2.75, 3.05) is 5.75 Å². The normalized spacial score (nSPS) is 11.4. The quantitative estimate of drug-likeness (QED) is 0.445. The van der Waals surface area contributed by atoms with E-state index in [0.717, 1.165) is 33.7 Å². The average Bonchev–Trinajstić information content (AvgIpc) is 3.23. The molecule has 0 saturated carbocycles. The summed E-state index contributed by atoms with van der Waals surface area (Å²) in [7, 11) is 0. The number of aryl methyl sites for hydroxylation is 1. The SMILES string of the molecule is CCc1cccc2c(C(=O)CSc3nnc4ccccn34)c[nH]c12. The molecule has 0 spiro atoms. The lowest BCUT2D eigenvalue weighted by molar-refractivity contribution is 0.102. The van der Waals surface area contributed by atoms with Gasteiger partial charge in [0.1, 0.15) is 0 Å². The summed E-state index contributed by atoms with van der Waals surface area (Å²) >= 11 is 1.41. The number of para-hydroxylation sites is 1. The van der Waals surface area contributed by atoms with E-state index < -0.39 is 0 Å². The van der Waals surface area contributed by atoms with Gasteiger partial charge in [-0.1, -0.05) is 43.0 Å². The number of carbonyl (C=O) groups excluding carboxylic acids is 1. The molecule has 0 fully saturated rings. The van der Waals surface area contributed by atoms with Crippen molar-refractivity contribution in [3.05, 3.63) is 59.9 Å². The molecule has 6 heteroatoms. The van der Waals surface area contributed by atoms with Gasteiger partial charge in [-0.3, -0.25) is 9.20 Å². The van der Waals surface area contributed by atoms with Gasteiger partial charge in [-0.15, -0.1) is 10.2 Å². The van der Waals surface area contributed by atoms with E-state index in [-0.39, 0.29) is 5.78 Å². The van der Waals surface area contributed by atoms with Crippen molar-refractivity contribution in [3.8, 4) is 0 Å². The third-order valence-corrected chi connectivity index (χ3v) is 5.04. The minimum Gasteiger partial charge on any atom is -0.360 e. The van der Waals surface area contributed by atoms with Gasteiger partial charge in [-0.05, 0) is 24.1 Å². The Morgan fingerprint density at radius 1 is 1.21 bits per heavy atom. The standard InChI is InChI=1S/C18H16N4OS/c1-2-12-6-5-7-13-14(10-19-17(12)13)15(23)11-24-18-21-20-16-8-3-4-9-22(16)18/h3-10,19H,2,11H2,1H3. The molecule has 4 rings (SSSR count). The van der Waals surface area contributed by atoms with Gasteiger partial charge in [0.2, 0.25) is 0 Å². The van der Waals surface area contributed by atoms with Crippen LogP contribution in [0.4, 0.5) is 0 Å². The van der Waals surface area contributed by atoms with Crippen molar-refractivity contribution in [2.45, 2.75) is 18.5 Å². The van der Waals surface area contributed by atoms with Gasteiger partial charge >= 0.3 is 0 Å². The van der Waals surface area contributed by atoms with Gasteiger partial charge in [0.15, 0.2) is 16.6 Å². The number of benzene rings is 1. The molecular formula is C18H16N4OS. The fraction of sp³-hybridized carbons (Fsp3) is 0.167. The first kappa shape index (κ1) is 15.0. The van der Waals surface area contributed by atoms with Crippen molar-refractivity contribution < 1.29 is 4.79 Å². The number of aromatic amines is 1.